The lowest BCUT2D eigenvalue weighted by atomic mass is 9.69. The van der Waals surface area contributed by atoms with Crippen LogP contribution < -0.4 is 15.4 Å². The number of hydrogen-bond acceptors (Lipinski definition) is 7. The summed E-state index contributed by atoms with van der Waals surface area (Å²) in [4.78, 5) is 41.7. The van der Waals surface area contributed by atoms with E-state index in [1.807, 2.05) is 0 Å². The first-order valence-corrected chi connectivity index (χ1v) is 15.1. The molecule has 5 atom stereocenters. The number of para-hydroxylation sites is 1. The molecule has 214 valence electrons. The lowest BCUT2D eigenvalue weighted by molar-refractivity contribution is -0.136. The van der Waals surface area contributed by atoms with Crippen LogP contribution in [0.3, 0.4) is 0 Å². The van der Waals surface area contributed by atoms with Crippen LogP contribution in [0.15, 0.2) is 41.8 Å². The Morgan fingerprint density at radius 3 is 2.46 bits per heavy atom. The molecule has 3 amide bonds. The summed E-state index contributed by atoms with van der Waals surface area (Å²) in [6.45, 7) is 9.90. The van der Waals surface area contributed by atoms with Crippen molar-refractivity contribution < 1.29 is 27.5 Å². The summed E-state index contributed by atoms with van der Waals surface area (Å²) in [7, 11) is -2.62. The largest absolute Gasteiger partial charge is 0.444 e. The third-order valence-electron chi connectivity index (χ3n) is 8.07. The number of anilines is 1. The fraction of sp³-hybridized carbons (Fsp3) is 0.607. The molecule has 0 spiro atoms. The van der Waals surface area contributed by atoms with E-state index in [1.165, 1.54) is 6.07 Å². The van der Waals surface area contributed by atoms with Crippen molar-refractivity contribution >= 4 is 33.6 Å². The van der Waals surface area contributed by atoms with Gasteiger partial charge in [-0.3, -0.25) is 9.59 Å². The molecule has 0 aromatic heterocycles. The van der Waals surface area contributed by atoms with E-state index in [-0.39, 0.29) is 35.6 Å². The van der Waals surface area contributed by atoms with Gasteiger partial charge in [-0.1, -0.05) is 31.1 Å². The van der Waals surface area contributed by atoms with Crippen molar-refractivity contribution in [2.75, 3.05) is 25.5 Å². The molecule has 2 saturated carbocycles. The Kier molecular flexibility index (Phi) is 8.03. The van der Waals surface area contributed by atoms with Crippen molar-refractivity contribution in [2.45, 2.75) is 68.9 Å². The number of piperidine rings is 1. The molecule has 0 bridgehead atoms. The third kappa shape index (κ3) is 6.08. The number of rotatable bonds is 7. The van der Waals surface area contributed by atoms with Crippen molar-refractivity contribution in [2.24, 2.45) is 23.7 Å². The number of nitrogens with zero attached hydrogens (tertiary/aromatic N) is 1. The zero-order chi connectivity index (χ0) is 28.6. The van der Waals surface area contributed by atoms with E-state index >= 15 is 0 Å². The number of hydrogen-bond donors (Lipinski definition) is 3. The predicted octanol–water partition coefficient (Wildman–Crippen LogP) is 3.27. The Hall–Kier alpha value is -3.08. The van der Waals surface area contributed by atoms with Crippen LogP contribution in [0.25, 0.3) is 0 Å². The van der Waals surface area contributed by atoms with E-state index in [0.717, 1.165) is 25.7 Å². The molecule has 3 unspecified atom stereocenters. The fourth-order valence-electron chi connectivity index (χ4n) is 6.00. The second kappa shape index (κ2) is 10.8. The molecule has 1 aliphatic heterocycles. The van der Waals surface area contributed by atoms with E-state index in [2.05, 4.69) is 21.9 Å². The van der Waals surface area contributed by atoms with Crippen LogP contribution in [-0.2, 0) is 24.3 Å². The molecule has 3 aliphatic rings. The highest BCUT2D eigenvalue weighted by Crippen LogP contribution is 2.46. The van der Waals surface area contributed by atoms with Crippen LogP contribution in [0, 0.1) is 23.7 Å². The standard InChI is InChI=1S/C28H40N4O6S/c1-6-19-15-28(19,25(34)31-39(36,37)23-14-10-9-13-22(23)29-5)30-24(33)21-17-32(26(35)38-27(2,3)4)16-18-11-7-8-12-20(18)21/h6,9-10,13-14,18-21,29H,1,7-8,11-12,15-17H2,2-5H3,(H,30,33)(H,31,34)/t18?,19-,20?,21?,28-/m1/s1. The number of carbonyl (C=O) groups is 3. The van der Waals surface area contributed by atoms with Gasteiger partial charge >= 0.3 is 6.09 Å². The van der Waals surface area contributed by atoms with Crippen LogP contribution >= 0.6 is 0 Å². The summed E-state index contributed by atoms with van der Waals surface area (Å²) < 4.78 is 34.0. The predicted molar refractivity (Wildman–Crippen MR) is 147 cm³/mol. The first kappa shape index (κ1) is 28.9. The number of nitrogens with one attached hydrogen (secondary N) is 3. The second-order valence-corrected chi connectivity index (χ2v) is 13.5. The first-order valence-electron chi connectivity index (χ1n) is 13.6. The third-order valence-corrected chi connectivity index (χ3v) is 9.46. The van der Waals surface area contributed by atoms with Gasteiger partial charge in [0.15, 0.2) is 0 Å². The Bertz CT molecular complexity index is 1240. The van der Waals surface area contributed by atoms with Gasteiger partial charge in [-0.2, -0.15) is 0 Å². The lowest BCUT2D eigenvalue weighted by Crippen LogP contribution is -2.58. The maximum Gasteiger partial charge on any atom is 0.410 e. The van der Waals surface area contributed by atoms with Crippen LogP contribution in [0.5, 0.6) is 0 Å². The van der Waals surface area contributed by atoms with Gasteiger partial charge in [0, 0.05) is 26.1 Å². The molecule has 11 heteroatoms. The van der Waals surface area contributed by atoms with Crippen molar-refractivity contribution in [3.63, 3.8) is 0 Å². The van der Waals surface area contributed by atoms with Crippen LogP contribution in [0.2, 0.25) is 0 Å². The van der Waals surface area contributed by atoms with Crippen molar-refractivity contribution in [3.8, 4) is 0 Å². The number of carbonyl (C=O) groups excluding carboxylic acids is 3. The SMILES string of the molecule is C=C[C@@H]1C[C@]1(NC(=O)C1CN(C(=O)OC(C)(C)C)CC2CCCCC21)C(=O)NS(=O)(=O)c1ccccc1NC. The van der Waals surface area contributed by atoms with Gasteiger partial charge in [-0.25, -0.2) is 17.9 Å². The molecular formula is C28H40N4O6S. The molecule has 39 heavy (non-hydrogen) atoms. The minimum Gasteiger partial charge on any atom is -0.444 e. The zero-order valence-electron chi connectivity index (χ0n) is 23.2. The van der Waals surface area contributed by atoms with Crippen LogP contribution in [0.4, 0.5) is 10.5 Å². The number of ether oxygens (including phenoxy) is 1. The number of sulfonamides is 1. The highest BCUT2D eigenvalue weighted by atomic mass is 32.2. The molecule has 3 fully saturated rings. The highest BCUT2D eigenvalue weighted by Gasteiger charge is 2.61. The van der Waals surface area contributed by atoms with E-state index < -0.39 is 45.0 Å². The molecule has 4 rings (SSSR count). The topological polar surface area (TPSA) is 134 Å². The Labute approximate surface area is 231 Å². The maximum atomic E-state index is 13.8. The molecular weight excluding hydrogens is 520 g/mol. The van der Waals surface area contributed by atoms with E-state index in [4.69, 9.17) is 4.74 Å². The lowest BCUT2D eigenvalue weighted by Gasteiger charge is -2.45. The fourth-order valence-corrected chi connectivity index (χ4v) is 7.25. The Balaban J connectivity index is 1.54. The van der Waals surface area contributed by atoms with Crippen LogP contribution in [-0.4, -0.2) is 62.5 Å². The minimum atomic E-state index is -4.21. The molecule has 10 nitrogen and oxygen atoms in total. The second-order valence-electron chi connectivity index (χ2n) is 11.9. The Morgan fingerprint density at radius 1 is 1.13 bits per heavy atom. The first-order chi connectivity index (χ1) is 18.3. The number of amides is 3. The molecule has 1 heterocycles. The molecule has 1 saturated heterocycles. The van der Waals surface area contributed by atoms with Gasteiger partial charge in [0.1, 0.15) is 16.0 Å². The Morgan fingerprint density at radius 2 is 1.82 bits per heavy atom. The van der Waals surface area contributed by atoms with Gasteiger partial charge in [0.2, 0.25) is 5.91 Å². The molecule has 1 aromatic rings. The number of likely N-dealkylation sites (tertiary alicyclic amines) is 1. The summed E-state index contributed by atoms with van der Waals surface area (Å²) in [6.07, 6.45) is 5.17. The normalized spacial score (nSPS) is 28.5. The monoisotopic (exact) mass is 560 g/mol. The van der Waals surface area contributed by atoms with Crippen molar-refractivity contribution in [3.05, 3.63) is 36.9 Å². The summed E-state index contributed by atoms with van der Waals surface area (Å²) in [5.41, 5.74) is -1.73. The van der Waals surface area contributed by atoms with E-state index in [0.29, 0.717) is 12.2 Å². The zero-order valence-corrected chi connectivity index (χ0v) is 24.0. The smallest absolute Gasteiger partial charge is 0.410 e. The van der Waals surface area contributed by atoms with Gasteiger partial charge in [0.05, 0.1) is 11.6 Å². The molecule has 0 radical (unpaired) electrons. The summed E-state index contributed by atoms with van der Waals surface area (Å²) in [5.74, 6) is -1.87. The van der Waals surface area contributed by atoms with Gasteiger partial charge in [-0.05, 0) is 64.0 Å². The van der Waals surface area contributed by atoms with Crippen LogP contribution in [0.1, 0.15) is 52.9 Å². The van der Waals surface area contributed by atoms with E-state index in [9.17, 15) is 22.8 Å². The van der Waals surface area contributed by atoms with Gasteiger partial charge in [-0.15, -0.1) is 6.58 Å². The van der Waals surface area contributed by atoms with Crippen molar-refractivity contribution in [1.82, 2.24) is 14.9 Å². The van der Waals surface area contributed by atoms with Crippen molar-refractivity contribution in [1.29, 1.82) is 0 Å². The highest BCUT2D eigenvalue weighted by molar-refractivity contribution is 7.90. The average molecular weight is 561 g/mol. The molecule has 2 aliphatic carbocycles. The summed E-state index contributed by atoms with van der Waals surface area (Å²) in [5, 5.41) is 5.72. The maximum absolute atomic E-state index is 13.8. The summed E-state index contributed by atoms with van der Waals surface area (Å²) >= 11 is 0. The quantitative estimate of drug-likeness (QED) is 0.436. The molecule has 1 aromatic carbocycles. The average Bonchev–Trinajstić information content (AvgIpc) is 3.60. The number of fused-ring (bicyclic) bond motifs is 1. The summed E-state index contributed by atoms with van der Waals surface area (Å²) in [6, 6.07) is 6.26. The number of benzene rings is 1. The van der Waals surface area contributed by atoms with Gasteiger partial charge in [0.25, 0.3) is 15.9 Å². The minimum absolute atomic E-state index is 0.0662. The van der Waals surface area contributed by atoms with Gasteiger partial charge < -0.3 is 20.3 Å². The molecule has 3 N–H and O–H groups in total. The van der Waals surface area contributed by atoms with E-state index in [1.54, 1.807) is 57.0 Å².